The summed E-state index contributed by atoms with van der Waals surface area (Å²) in [5, 5.41) is 4.58. The van der Waals surface area contributed by atoms with Crippen LogP contribution in [0.2, 0.25) is 5.02 Å². The van der Waals surface area contributed by atoms with Gasteiger partial charge >= 0.3 is 0 Å². The predicted molar refractivity (Wildman–Crippen MR) is 114 cm³/mol. The van der Waals surface area contributed by atoms with Gasteiger partial charge in [-0.15, -0.1) is 0 Å². The summed E-state index contributed by atoms with van der Waals surface area (Å²) in [6, 6.07) is 13.3. The topological polar surface area (TPSA) is 68.5 Å². The minimum Gasteiger partial charge on any atom is -0.481 e. The van der Waals surface area contributed by atoms with Gasteiger partial charge in [0, 0.05) is 17.6 Å². The number of carbonyl (C=O) groups is 1. The molecule has 1 aromatic heterocycles. The number of fused-ring (bicyclic) bond motifs is 1. The normalized spacial score (nSPS) is 14.1. The number of carbonyl (C=O) groups excluding carboxylic acids is 1. The summed E-state index contributed by atoms with van der Waals surface area (Å²) in [4.78, 5) is 18.6. The highest BCUT2D eigenvalue weighted by atomic mass is 35.5. The minimum absolute atomic E-state index is 0.157. The smallest absolute Gasteiger partial charge is 0.263 e. The number of aromatic nitrogens is 2. The van der Waals surface area contributed by atoms with Crippen molar-refractivity contribution in [2.45, 2.75) is 45.3 Å². The van der Waals surface area contributed by atoms with E-state index in [0.717, 1.165) is 24.2 Å². The molecule has 0 fully saturated rings. The number of nitrogens with zero attached hydrogens (tertiary/aromatic N) is 3. The lowest BCUT2D eigenvalue weighted by atomic mass is 9.92. The van der Waals surface area contributed by atoms with E-state index in [1.807, 2.05) is 18.2 Å². The van der Waals surface area contributed by atoms with Crippen LogP contribution in [0.5, 0.6) is 5.75 Å². The van der Waals surface area contributed by atoms with E-state index in [1.165, 1.54) is 28.9 Å². The molecule has 7 heteroatoms. The van der Waals surface area contributed by atoms with Crippen LogP contribution in [0.25, 0.3) is 11.4 Å². The summed E-state index contributed by atoms with van der Waals surface area (Å²) < 4.78 is 11.2. The molecule has 1 aliphatic carbocycles. The molecule has 6 nitrogen and oxygen atoms in total. The number of likely N-dealkylation sites (N-methyl/N-ethyl adjacent to an activating group) is 1. The first-order chi connectivity index (χ1) is 14.5. The first-order valence-electron chi connectivity index (χ1n) is 10.1. The molecule has 0 aliphatic heterocycles. The molecule has 3 aromatic rings. The fourth-order valence-corrected chi connectivity index (χ4v) is 3.88. The molecule has 0 saturated heterocycles. The second-order valence-corrected chi connectivity index (χ2v) is 8.05. The molecule has 0 bridgehead atoms. The summed E-state index contributed by atoms with van der Waals surface area (Å²) >= 11 is 6.01. The first-order valence-corrected chi connectivity index (χ1v) is 10.5. The van der Waals surface area contributed by atoms with Crippen LogP contribution in [-0.2, 0) is 24.2 Å². The molecule has 1 atom stereocenters. The van der Waals surface area contributed by atoms with Crippen LogP contribution in [0.15, 0.2) is 47.0 Å². The van der Waals surface area contributed by atoms with E-state index in [2.05, 4.69) is 22.3 Å². The number of amides is 1. The van der Waals surface area contributed by atoms with Crippen molar-refractivity contribution in [1.29, 1.82) is 0 Å². The van der Waals surface area contributed by atoms with Gasteiger partial charge in [-0.25, -0.2) is 0 Å². The zero-order chi connectivity index (χ0) is 21.1. The molecule has 156 valence electrons. The Hall–Kier alpha value is -2.86. The predicted octanol–water partition coefficient (Wildman–Crippen LogP) is 4.69. The number of rotatable bonds is 6. The molecule has 0 radical (unpaired) electrons. The fourth-order valence-electron chi connectivity index (χ4n) is 3.69. The number of hydrogen-bond acceptors (Lipinski definition) is 5. The van der Waals surface area contributed by atoms with Crippen molar-refractivity contribution in [2.75, 3.05) is 7.05 Å². The van der Waals surface area contributed by atoms with E-state index in [9.17, 15) is 4.79 Å². The van der Waals surface area contributed by atoms with Gasteiger partial charge in [0.1, 0.15) is 5.75 Å². The molecule has 0 saturated carbocycles. The van der Waals surface area contributed by atoms with Gasteiger partial charge in [-0.2, -0.15) is 4.98 Å². The van der Waals surface area contributed by atoms with Crippen molar-refractivity contribution in [2.24, 2.45) is 0 Å². The van der Waals surface area contributed by atoms with E-state index in [0.29, 0.717) is 16.7 Å². The van der Waals surface area contributed by atoms with Gasteiger partial charge in [-0.05, 0) is 68.0 Å². The van der Waals surface area contributed by atoms with Gasteiger partial charge in [0.05, 0.1) is 6.54 Å². The van der Waals surface area contributed by atoms with Crippen molar-refractivity contribution in [1.82, 2.24) is 15.0 Å². The lowest BCUT2D eigenvalue weighted by Crippen LogP contribution is -2.37. The second kappa shape index (κ2) is 8.88. The van der Waals surface area contributed by atoms with Crippen molar-refractivity contribution in [3.63, 3.8) is 0 Å². The van der Waals surface area contributed by atoms with E-state index < -0.39 is 6.10 Å². The maximum absolute atomic E-state index is 12.8. The second-order valence-electron chi connectivity index (χ2n) is 7.61. The summed E-state index contributed by atoms with van der Waals surface area (Å²) in [5.74, 6) is 1.36. The molecule has 1 unspecified atom stereocenters. The molecule has 2 aromatic carbocycles. The Bertz CT molecular complexity index is 1050. The van der Waals surface area contributed by atoms with Crippen LogP contribution in [-0.4, -0.2) is 34.1 Å². The molecule has 0 spiro atoms. The number of ether oxygens (including phenoxy) is 1. The average Bonchev–Trinajstić information content (AvgIpc) is 3.21. The monoisotopic (exact) mass is 425 g/mol. The lowest BCUT2D eigenvalue weighted by Gasteiger charge is -2.22. The highest BCUT2D eigenvalue weighted by Crippen LogP contribution is 2.26. The summed E-state index contributed by atoms with van der Waals surface area (Å²) in [6.45, 7) is 1.95. The zero-order valence-corrected chi connectivity index (χ0v) is 17.9. The quantitative estimate of drug-likeness (QED) is 0.572. The third-order valence-electron chi connectivity index (χ3n) is 5.28. The number of benzene rings is 2. The van der Waals surface area contributed by atoms with Gasteiger partial charge in [-0.3, -0.25) is 4.79 Å². The molecule has 4 rings (SSSR count). The Kier molecular flexibility index (Phi) is 6.04. The summed E-state index contributed by atoms with van der Waals surface area (Å²) in [6.07, 6.45) is 4.01. The molecular weight excluding hydrogens is 402 g/mol. The maximum Gasteiger partial charge on any atom is 0.263 e. The van der Waals surface area contributed by atoms with Gasteiger partial charge in [-0.1, -0.05) is 35.0 Å². The summed E-state index contributed by atoms with van der Waals surface area (Å²) in [5.41, 5.74) is 3.47. The van der Waals surface area contributed by atoms with Crippen molar-refractivity contribution >= 4 is 17.5 Å². The molecule has 0 N–H and O–H groups in total. The number of hydrogen-bond donors (Lipinski definition) is 0. The van der Waals surface area contributed by atoms with Crippen molar-refractivity contribution < 1.29 is 14.1 Å². The van der Waals surface area contributed by atoms with Gasteiger partial charge < -0.3 is 14.2 Å². The highest BCUT2D eigenvalue weighted by molar-refractivity contribution is 6.30. The Balaban J connectivity index is 1.37. The van der Waals surface area contributed by atoms with E-state index in [-0.39, 0.29) is 12.5 Å². The van der Waals surface area contributed by atoms with E-state index in [1.54, 1.807) is 26.1 Å². The Morgan fingerprint density at radius 1 is 1.20 bits per heavy atom. The fraction of sp³-hybridized carbons (Fsp3) is 0.348. The van der Waals surface area contributed by atoms with E-state index in [4.69, 9.17) is 20.9 Å². The van der Waals surface area contributed by atoms with Crippen LogP contribution in [0, 0.1) is 0 Å². The van der Waals surface area contributed by atoms with Gasteiger partial charge in [0.25, 0.3) is 5.91 Å². The summed E-state index contributed by atoms with van der Waals surface area (Å²) in [7, 11) is 1.69. The number of aryl methyl sites for hydroxylation is 2. The van der Waals surface area contributed by atoms with Crippen LogP contribution in [0.1, 0.15) is 36.8 Å². The Morgan fingerprint density at radius 3 is 2.80 bits per heavy atom. The highest BCUT2D eigenvalue weighted by Gasteiger charge is 2.22. The molecule has 1 amide bonds. The largest absolute Gasteiger partial charge is 0.481 e. The third kappa shape index (κ3) is 4.65. The van der Waals surface area contributed by atoms with Crippen LogP contribution in [0.3, 0.4) is 0 Å². The lowest BCUT2D eigenvalue weighted by molar-refractivity contribution is -0.137. The minimum atomic E-state index is -0.619. The standard InChI is InChI=1S/C23H24ClN3O3/c1-15(29-20-11-10-16-6-3-4-7-17(16)13-20)23(28)27(2)14-21-25-22(26-30-21)18-8-5-9-19(24)12-18/h5,8-13,15H,3-4,6-7,14H2,1-2H3. The maximum atomic E-state index is 12.8. The molecule has 30 heavy (non-hydrogen) atoms. The van der Waals surface area contributed by atoms with Crippen molar-refractivity contribution in [3.05, 3.63) is 64.5 Å². The molecule has 1 heterocycles. The zero-order valence-electron chi connectivity index (χ0n) is 17.1. The average molecular weight is 426 g/mol. The third-order valence-corrected chi connectivity index (χ3v) is 5.52. The Labute approximate surface area is 180 Å². The molecular formula is C23H24ClN3O3. The van der Waals surface area contributed by atoms with Crippen molar-refractivity contribution in [3.8, 4) is 17.1 Å². The van der Waals surface area contributed by atoms with E-state index >= 15 is 0 Å². The van der Waals surface area contributed by atoms with Gasteiger partial charge in [0.15, 0.2) is 6.10 Å². The van der Waals surface area contributed by atoms with Gasteiger partial charge in [0.2, 0.25) is 11.7 Å². The van der Waals surface area contributed by atoms with Crippen LogP contribution >= 0.6 is 11.6 Å². The van der Waals surface area contributed by atoms with Crippen LogP contribution < -0.4 is 4.74 Å². The van der Waals surface area contributed by atoms with Crippen LogP contribution in [0.4, 0.5) is 0 Å². The number of halogens is 1. The Morgan fingerprint density at radius 2 is 2.00 bits per heavy atom. The molecule has 1 aliphatic rings. The first kappa shape index (κ1) is 20.4. The SMILES string of the molecule is CC(Oc1ccc2c(c1)CCCC2)C(=O)N(C)Cc1nc(-c2cccc(Cl)c2)no1.